The van der Waals surface area contributed by atoms with Crippen LogP contribution in [0.5, 0.6) is 0 Å². The van der Waals surface area contributed by atoms with Gasteiger partial charge in [0.15, 0.2) is 0 Å². The van der Waals surface area contributed by atoms with E-state index in [2.05, 4.69) is 20.8 Å². The maximum absolute atomic E-state index is 13.4. The minimum Gasteiger partial charge on any atom is -0.460 e. The van der Waals surface area contributed by atoms with Crippen LogP contribution >= 0.6 is 0 Å². The van der Waals surface area contributed by atoms with Gasteiger partial charge in [-0.25, -0.2) is 0 Å². The summed E-state index contributed by atoms with van der Waals surface area (Å²) in [7, 11) is 0. The summed E-state index contributed by atoms with van der Waals surface area (Å²) in [4.78, 5) is 13.4. The molecule has 1 atom stereocenters. The number of aliphatic hydroxyl groups is 1. The Morgan fingerprint density at radius 1 is 0.625 bits per heavy atom. The number of ether oxygens (including phenoxy) is 1. The second-order valence-electron chi connectivity index (χ2n) is 10.2. The Bertz CT molecular complexity index is 366. The minimum atomic E-state index is -0.402. The van der Waals surface area contributed by atoms with E-state index >= 15 is 0 Å². The molecule has 0 aliphatic rings. The smallest absolute Gasteiger partial charge is 0.312 e. The first-order valence-electron chi connectivity index (χ1n) is 14.4. The molecule has 0 heterocycles. The first kappa shape index (κ1) is 31.4. The number of carbonyl (C=O) groups is 1. The number of rotatable bonds is 24. The lowest BCUT2D eigenvalue weighted by molar-refractivity contribution is -0.164. The van der Waals surface area contributed by atoms with Crippen molar-refractivity contribution < 1.29 is 14.6 Å². The van der Waals surface area contributed by atoms with Crippen LogP contribution in [0, 0.1) is 5.41 Å². The summed E-state index contributed by atoms with van der Waals surface area (Å²) in [5.74, 6) is -0.0327. The van der Waals surface area contributed by atoms with Gasteiger partial charge in [0.1, 0.15) is 6.10 Å². The molecule has 0 aliphatic heterocycles. The average Bonchev–Trinajstić information content (AvgIpc) is 2.79. The standard InChI is InChI=1S/C29H58O3/c1-5-8-11-14-17-20-23-29(28(31)32-27(4)26-30,24-21-18-15-12-9-6-2)25-22-19-16-13-10-7-3/h27,30H,5-26H2,1-4H3. The normalized spacial score (nSPS) is 12.8. The van der Waals surface area contributed by atoms with Gasteiger partial charge in [-0.2, -0.15) is 0 Å². The van der Waals surface area contributed by atoms with Crippen molar-refractivity contribution in [2.24, 2.45) is 5.41 Å². The van der Waals surface area contributed by atoms with E-state index in [4.69, 9.17) is 4.74 Å². The third kappa shape index (κ3) is 16.1. The summed E-state index contributed by atoms with van der Waals surface area (Å²) >= 11 is 0. The second-order valence-corrected chi connectivity index (χ2v) is 10.2. The molecular formula is C29H58O3. The number of unbranched alkanes of at least 4 members (excludes halogenated alkanes) is 15. The lowest BCUT2D eigenvalue weighted by Gasteiger charge is -2.33. The Balaban J connectivity index is 5.02. The van der Waals surface area contributed by atoms with E-state index in [1.54, 1.807) is 0 Å². The van der Waals surface area contributed by atoms with Gasteiger partial charge in [0.05, 0.1) is 12.0 Å². The van der Waals surface area contributed by atoms with Crippen molar-refractivity contribution in [3.8, 4) is 0 Å². The molecule has 1 N–H and O–H groups in total. The maximum Gasteiger partial charge on any atom is 0.312 e. The lowest BCUT2D eigenvalue weighted by atomic mass is 9.73. The lowest BCUT2D eigenvalue weighted by Crippen LogP contribution is -2.36. The molecule has 0 amide bonds. The zero-order valence-corrected chi connectivity index (χ0v) is 22.4. The highest BCUT2D eigenvalue weighted by Gasteiger charge is 2.39. The summed E-state index contributed by atoms with van der Waals surface area (Å²) in [6.45, 7) is 8.48. The highest BCUT2D eigenvalue weighted by molar-refractivity contribution is 5.77. The highest BCUT2D eigenvalue weighted by Crippen LogP contribution is 2.39. The largest absolute Gasteiger partial charge is 0.460 e. The van der Waals surface area contributed by atoms with Crippen LogP contribution in [-0.4, -0.2) is 23.8 Å². The monoisotopic (exact) mass is 454 g/mol. The quantitative estimate of drug-likeness (QED) is 0.117. The van der Waals surface area contributed by atoms with Crippen LogP contribution in [0.4, 0.5) is 0 Å². The van der Waals surface area contributed by atoms with E-state index in [0.717, 1.165) is 38.5 Å². The van der Waals surface area contributed by atoms with Gasteiger partial charge >= 0.3 is 5.97 Å². The average molecular weight is 455 g/mol. The van der Waals surface area contributed by atoms with Gasteiger partial charge in [-0.15, -0.1) is 0 Å². The molecule has 0 saturated heterocycles. The van der Waals surface area contributed by atoms with Crippen molar-refractivity contribution >= 4 is 5.97 Å². The first-order valence-corrected chi connectivity index (χ1v) is 14.4. The van der Waals surface area contributed by atoms with Crippen molar-refractivity contribution in [3.05, 3.63) is 0 Å². The van der Waals surface area contributed by atoms with Gasteiger partial charge in [-0.05, 0) is 26.2 Å². The summed E-state index contributed by atoms with van der Waals surface area (Å²) < 4.78 is 5.76. The SMILES string of the molecule is CCCCCCCCC(CCCCCCCC)(CCCCCCCC)C(=O)OC(C)CO. The molecule has 3 heteroatoms. The Hall–Kier alpha value is -0.570. The molecule has 0 rings (SSSR count). The zero-order valence-electron chi connectivity index (χ0n) is 22.4. The molecule has 0 spiro atoms. The summed E-state index contributed by atoms with van der Waals surface area (Å²) in [5.41, 5.74) is -0.344. The third-order valence-corrected chi connectivity index (χ3v) is 7.02. The van der Waals surface area contributed by atoms with E-state index in [1.165, 1.54) is 96.3 Å². The van der Waals surface area contributed by atoms with Gasteiger partial charge < -0.3 is 9.84 Å². The minimum absolute atomic E-state index is 0.0327. The van der Waals surface area contributed by atoms with Crippen LogP contribution in [0.1, 0.15) is 163 Å². The van der Waals surface area contributed by atoms with Crippen molar-refractivity contribution in [1.29, 1.82) is 0 Å². The number of hydrogen-bond donors (Lipinski definition) is 1. The molecule has 192 valence electrons. The Labute approximate surface area is 201 Å². The van der Waals surface area contributed by atoms with Crippen molar-refractivity contribution in [2.45, 2.75) is 169 Å². The van der Waals surface area contributed by atoms with Gasteiger partial charge in [0.25, 0.3) is 0 Å². The Kier molecular flexibility index (Phi) is 21.8. The topological polar surface area (TPSA) is 46.5 Å². The third-order valence-electron chi connectivity index (χ3n) is 7.02. The number of hydrogen-bond acceptors (Lipinski definition) is 3. The van der Waals surface area contributed by atoms with Gasteiger partial charge in [-0.3, -0.25) is 4.79 Å². The predicted octanol–water partition coefficient (Wildman–Crippen LogP) is 9.15. The molecule has 0 aromatic carbocycles. The highest BCUT2D eigenvalue weighted by atomic mass is 16.6. The van der Waals surface area contributed by atoms with Crippen LogP contribution in [0.15, 0.2) is 0 Å². The van der Waals surface area contributed by atoms with Gasteiger partial charge in [-0.1, -0.05) is 136 Å². The van der Waals surface area contributed by atoms with E-state index in [9.17, 15) is 9.90 Å². The Morgan fingerprint density at radius 2 is 0.938 bits per heavy atom. The number of aliphatic hydroxyl groups excluding tert-OH is 1. The molecule has 0 radical (unpaired) electrons. The fourth-order valence-corrected chi connectivity index (χ4v) is 4.76. The summed E-state index contributed by atoms with van der Waals surface area (Å²) in [6, 6.07) is 0. The molecule has 1 unspecified atom stereocenters. The Morgan fingerprint density at radius 3 is 1.25 bits per heavy atom. The molecule has 32 heavy (non-hydrogen) atoms. The molecule has 0 aromatic heterocycles. The van der Waals surface area contributed by atoms with Crippen LogP contribution in [0.25, 0.3) is 0 Å². The van der Waals surface area contributed by atoms with Crippen molar-refractivity contribution in [2.75, 3.05) is 6.61 Å². The number of esters is 1. The van der Waals surface area contributed by atoms with Crippen LogP contribution in [0.2, 0.25) is 0 Å². The number of carbonyl (C=O) groups excluding carboxylic acids is 1. The first-order chi connectivity index (χ1) is 15.6. The van der Waals surface area contributed by atoms with Crippen LogP contribution < -0.4 is 0 Å². The fourth-order valence-electron chi connectivity index (χ4n) is 4.76. The molecular weight excluding hydrogens is 396 g/mol. The van der Waals surface area contributed by atoms with Crippen LogP contribution in [-0.2, 0) is 9.53 Å². The van der Waals surface area contributed by atoms with E-state index < -0.39 is 6.10 Å². The van der Waals surface area contributed by atoms with E-state index in [0.29, 0.717) is 0 Å². The summed E-state index contributed by atoms with van der Waals surface area (Å²) in [5, 5.41) is 9.46. The second kappa shape index (κ2) is 22.2. The molecule has 0 bridgehead atoms. The maximum atomic E-state index is 13.4. The van der Waals surface area contributed by atoms with Crippen molar-refractivity contribution in [3.63, 3.8) is 0 Å². The van der Waals surface area contributed by atoms with Crippen molar-refractivity contribution in [1.82, 2.24) is 0 Å². The van der Waals surface area contributed by atoms with E-state index in [-0.39, 0.29) is 18.0 Å². The predicted molar refractivity (Wildman–Crippen MR) is 139 cm³/mol. The van der Waals surface area contributed by atoms with Gasteiger partial charge in [0, 0.05) is 0 Å². The van der Waals surface area contributed by atoms with Gasteiger partial charge in [0.2, 0.25) is 0 Å². The van der Waals surface area contributed by atoms with E-state index in [1.807, 2.05) is 6.92 Å². The zero-order chi connectivity index (χ0) is 23.9. The fraction of sp³-hybridized carbons (Fsp3) is 0.966. The molecule has 0 aliphatic carbocycles. The molecule has 3 nitrogen and oxygen atoms in total. The van der Waals surface area contributed by atoms with Crippen LogP contribution in [0.3, 0.4) is 0 Å². The molecule has 0 saturated carbocycles. The summed E-state index contributed by atoms with van der Waals surface area (Å²) in [6.07, 6.45) is 25.0. The molecule has 0 fully saturated rings. The molecule has 0 aromatic rings.